The van der Waals surface area contributed by atoms with Crippen LogP contribution in [0.15, 0.2) is 12.3 Å². The highest BCUT2D eigenvalue weighted by Gasteiger charge is 2.58. The molecule has 4 bridgehead atoms. The van der Waals surface area contributed by atoms with E-state index in [-0.39, 0.29) is 41.0 Å². The highest BCUT2D eigenvalue weighted by molar-refractivity contribution is 5.99. The second kappa shape index (κ2) is 9.21. The van der Waals surface area contributed by atoms with Crippen molar-refractivity contribution in [3.05, 3.63) is 17.8 Å². The van der Waals surface area contributed by atoms with Gasteiger partial charge < -0.3 is 26.0 Å². The molecule has 2 heterocycles. The Morgan fingerprint density at radius 1 is 1.17 bits per heavy atom. The molecule has 2 unspecified atom stereocenters. The number of amides is 3. The molecule has 5 aliphatic rings. The summed E-state index contributed by atoms with van der Waals surface area (Å²) in [6.45, 7) is 6.11. The van der Waals surface area contributed by atoms with E-state index in [9.17, 15) is 14.4 Å². The van der Waals surface area contributed by atoms with Crippen LogP contribution in [0.4, 0.5) is 5.82 Å². The Balaban J connectivity index is 1.40. The quantitative estimate of drug-likeness (QED) is 0.520. The zero-order chi connectivity index (χ0) is 25.7. The number of rotatable bonds is 7. The summed E-state index contributed by atoms with van der Waals surface area (Å²) >= 11 is 0. The average molecular weight is 499 g/mol. The number of hydrogen-bond acceptors (Lipinski definition) is 6. The van der Waals surface area contributed by atoms with Crippen LogP contribution in [-0.2, 0) is 14.3 Å². The number of nitrogens with one attached hydrogen (secondary N) is 2. The number of ether oxygens (including phenoxy) is 1. The van der Waals surface area contributed by atoms with Crippen molar-refractivity contribution in [2.75, 3.05) is 38.3 Å². The van der Waals surface area contributed by atoms with E-state index in [1.807, 2.05) is 13.8 Å². The molecule has 4 aliphatic carbocycles. The third kappa shape index (κ3) is 4.29. The lowest BCUT2D eigenvalue weighted by Crippen LogP contribution is -2.62. The van der Waals surface area contributed by atoms with Gasteiger partial charge in [-0.1, -0.05) is 6.08 Å². The number of hydrogen-bond donors (Lipinski definition) is 3. The Bertz CT molecular complexity index is 1060. The van der Waals surface area contributed by atoms with Gasteiger partial charge in [-0.15, -0.1) is 0 Å². The van der Waals surface area contributed by atoms with Gasteiger partial charge in [-0.3, -0.25) is 14.4 Å². The number of aromatic nitrogens is 2. The summed E-state index contributed by atoms with van der Waals surface area (Å²) in [6, 6.07) is 0.0464. The Kier molecular flexibility index (Phi) is 6.34. The minimum atomic E-state index is -0.734. The first-order valence-corrected chi connectivity index (χ1v) is 13.1. The lowest BCUT2D eigenvalue weighted by Gasteiger charge is -2.58. The summed E-state index contributed by atoms with van der Waals surface area (Å²) < 4.78 is 7.22. The van der Waals surface area contributed by atoms with Crippen LogP contribution in [0, 0.1) is 28.6 Å². The standard InChI is InChI=1S/C26H38N6O4/c1-25(2,24(35)28-3)4-5-32-22(31-6-8-36-9-7-31)19(15-29-32)21(33)30-20-17-10-16-11-18(20)14-26(12-16,13-17)23(27)34/h4-5,15-18,20H,6-14H2,1-3H3,(H2,27,34)(H,28,35)(H,30,33)/b5-4+/t16?,17?,18?,20-,26-. The molecular formula is C26H38N6O4. The van der Waals surface area contributed by atoms with Crippen molar-refractivity contribution in [3.8, 4) is 0 Å². The lowest BCUT2D eigenvalue weighted by atomic mass is 9.47. The third-order valence-electron chi connectivity index (χ3n) is 8.86. The van der Waals surface area contributed by atoms with E-state index < -0.39 is 5.41 Å². The summed E-state index contributed by atoms with van der Waals surface area (Å²) in [4.78, 5) is 40.3. The molecule has 0 radical (unpaired) electrons. The van der Waals surface area contributed by atoms with E-state index in [0.29, 0.717) is 43.6 Å². The molecule has 6 rings (SSSR count). The van der Waals surface area contributed by atoms with Gasteiger partial charge in [0.25, 0.3) is 5.91 Å². The fraction of sp³-hybridized carbons (Fsp3) is 0.692. The van der Waals surface area contributed by atoms with Crippen molar-refractivity contribution in [1.29, 1.82) is 0 Å². The van der Waals surface area contributed by atoms with Gasteiger partial charge in [-0.25, -0.2) is 4.68 Å². The van der Waals surface area contributed by atoms with Gasteiger partial charge in [0.05, 0.1) is 24.8 Å². The molecule has 1 aliphatic heterocycles. The van der Waals surface area contributed by atoms with Crippen LogP contribution in [0.2, 0.25) is 0 Å². The van der Waals surface area contributed by atoms with Gasteiger partial charge >= 0.3 is 0 Å². The molecule has 1 saturated heterocycles. The number of carbonyl (C=O) groups excluding carboxylic acids is 3. The van der Waals surface area contributed by atoms with E-state index in [2.05, 4.69) is 20.6 Å². The highest BCUT2D eigenvalue weighted by atomic mass is 16.5. The maximum Gasteiger partial charge on any atom is 0.256 e. The van der Waals surface area contributed by atoms with Crippen LogP contribution < -0.4 is 21.3 Å². The summed E-state index contributed by atoms with van der Waals surface area (Å²) in [7, 11) is 1.61. The highest BCUT2D eigenvalue weighted by Crippen LogP contribution is 2.60. The second-order valence-corrected chi connectivity index (χ2v) is 11.7. The molecular weight excluding hydrogens is 460 g/mol. The van der Waals surface area contributed by atoms with Gasteiger partial charge in [-0.05, 0) is 63.7 Å². The monoisotopic (exact) mass is 498 g/mol. The summed E-state index contributed by atoms with van der Waals surface area (Å²) in [5.41, 5.74) is 5.23. The number of nitrogens with zero attached hydrogens (tertiary/aromatic N) is 3. The largest absolute Gasteiger partial charge is 0.378 e. The molecule has 3 amide bonds. The van der Waals surface area contributed by atoms with Gasteiger partial charge in [0.15, 0.2) is 0 Å². The van der Waals surface area contributed by atoms with Crippen LogP contribution in [0.5, 0.6) is 0 Å². The lowest BCUT2D eigenvalue weighted by molar-refractivity contribution is -0.145. The average Bonchev–Trinajstić information content (AvgIpc) is 3.28. The van der Waals surface area contributed by atoms with E-state index in [1.165, 1.54) is 0 Å². The zero-order valence-corrected chi connectivity index (χ0v) is 21.5. The van der Waals surface area contributed by atoms with Crippen LogP contribution in [-0.4, -0.2) is 66.9 Å². The van der Waals surface area contributed by atoms with Crippen LogP contribution in [0.25, 0.3) is 6.20 Å². The molecule has 2 atom stereocenters. The molecule has 196 valence electrons. The molecule has 1 aromatic heterocycles. The smallest absolute Gasteiger partial charge is 0.256 e. The maximum absolute atomic E-state index is 13.7. The maximum atomic E-state index is 13.7. The zero-order valence-electron chi connectivity index (χ0n) is 21.5. The van der Waals surface area contributed by atoms with Crippen molar-refractivity contribution >= 4 is 29.7 Å². The predicted octanol–water partition coefficient (Wildman–Crippen LogP) is 1.37. The Hall–Kier alpha value is -2.88. The van der Waals surface area contributed by atoms with Crippen molar-refractivity contribution < 1.29 is 19.1 Å². The van der Waals surface area contributed by atoms with E-state index in [4.69, 9.17) is 10.5 Å². The summed E-state index contributed by atoms with van der Waals surface area (Å²) in [5, 5.41) is 10.5. The Morgan fingerprint density at radius 2 is 1.83 bits per heavy atom. The summed E-state index contributed by atoms with van der Waals surface area (Å²) in [6.07, 6.45) is 9.70. The SMILES string of the molecule is CNC(=O)C(C)(C)/C=C/n1ncc(C(=O)N[C@H]2C3CC4CC2C[C@](C(N)=O)(C4)C3)c1N1CCOCC1. The number of carbonyl (C=O) groups is 3. The van der Waals surface area contributed by atoms with E-state index in [1.54, 1.807) is 30.2 Å². The molecule has 36 heavy (non-hydrogen) atoms. The topological polar surface area (TPSA) is 132 Å². The van der Waals surface area contributed by atoms with E-state index in [0.717, 1.165) is 32.1 Å². The Morgan fingerprint density at radius 3 is 2.44 bits per heavy atom. The number of nitrogens with two attached hydrogens (primary N) is 1. The molecule has 10 nitrogen and oxygen atoms in total. The van der Waals surface area contributed by atoms with Crippen molar-refractivity contribution in [2.45, 2.75) is 52.0 Å². The number of morpholine rings is 1. The van der Waals surface area contributed by atoms with Gasteiger partial charge in [0.2, 0.25) is 11.8 Å². The third-order valence-corrected chi connectivity index (χ3v) is 8.86. The normalized spacial score (nSPS) is 31.6. The first-order chi connectivity index (χ1) is 17.1. The molecule has 4 N–H and O–H groups in total. The minimum absolute atomic E-state index is 0.0464. The predicted molar refractivity (Wildman–Crippen MR) is 135 cm³/mol. The van der Waals surface area contributed by atoms with Crippen molar-refractivity contribution in [2.24, 2.45) is 34.3 Å². The molecule has 1 aromatic rings. The van der Waals surface area contributed by atoms with Gasteiger partial charge in [-0.2, -0.15) is 5.10 Å². The second-order valence-electron chi connectivity index (χ2n) is 11.7. The van der Waals surface area contributed by atoms with Crippen molar-refractivity contribution in [1.82, 2.24) is 20.4 Å². The first-order valence-electron chi connectivity index (χ1n) is 13.1. The summed E-state index contributed by atoms with van der Waals surface area (Å²) in [5.74, 6) is 1.38. The minimum Gasteiger partial charge on any atom is -0.378 e. The molecule has 10 heteroatoms. The number of primary amides is 1. The van der Waals surface area contributed by atoms with Crippen LogP contribution in [0.3, 0.4) is 0 Å². The fourth-order valence-electron chi connectivity index (χ4n) is 7.16. The van der Waals surface area contributed by atoms with Crippen molar-refractivity contribution in [3.63, 3.8) is 0 Å². The first kappa shape index (κ1) is 24.8. The van der Waals surface area contributed by atoms with Gasteiger partial charge in [0, 0.05) is 37.8 Å². The van der Waals surface area contributed by atoms with Crippen LogP contribution in [0.1, 0.15) is 56.3 Å². The molecule has 0 spiro atoms. The van der Waals surface area contributed by atoms with Crippen LogP contribution >= 0.6 is 0 Å². The molecule has 4 saturated carbocycles. The number of anilines is 1. The Labute approximate surface area is 212 Å². The molecule has 0 aromatic carbocycles. The fourth-order valence-corrected chi connectivity index (χ4v) is 7.16. The van der Waals surface area contributed by atoms with Gasteiger partial charge in [0.1, 0.15) is 11.4 Å². The van der Waals surface area contributed by atoms with E-state index >= 15 is 0 Å². The molecule has 5 fully saturated rings.